The van der Waals surface area contributed by atoms with Crippen molar-refractivity contribution >= 4 is 6.03 Å². The zero-order valence-corrected chi connectivity index (χ0v) is 15.3. The molecule has 26 heavy (non-hydrogen) atoms. The highest BCUT2D eigenvalue weighted by molar-refractivity contribution is 5.74. The molecule has 0 atom stereocenters. The Hall–Kier alpha value is -2.60. The number of carbonyl (C=O) groups excluding carboxylic acids is 1. The van der Waals surface area contributed by atoms with Crippen molar-refractivity contribution < 1.29 is 14.3 Å². The lowest BCUT2D eigenvalue weighted by Crippen LogP contribution is -2.53. The number of nitrogens with one attached hydrogen (secondary N) is 1. The minimum atomic E-state index is -0.301. The molecule has 2 heterocycles. The molecule has 1 fully saturated rings. The molecule has 1 aromatic carbocycles. The van der Waals surface area contributed by atoms with E-state index in [4.69, 9.17) is 9.47 Å². The molecule has 138 valence electrons. The number of carbonyl (C=O) groups is 1. The zero-order chi connectivity index (χ0) is 18.4. The van der Waals surface area contributed by atoms with Gasteiger partial charge in [0.1, 0.15) is 6.61 Å². The average molecular weight is 355 g/mol. The molecule has 6 nitrogen and oxygen atoms in total. The van der Waals surface area contributed by atoms with Crippen LogP contribution in [0.1, 0.15) is 25.0 Å². The third-order valence-electron chi connectivity index (χ3n) is 4.19. The van der Waals surface area contributed by atoms with Gasteiger partial charge in [-0.1, -0.05) is 30.3 Å². The van der Waals surface area contributed by atoms with Gasteiger partial charge in [-0.05, 0) is 31.0 Å². The number of morpholine rings is 1. The van der Waals surface area contributed by atoms with Crippen LogP contribution in [0.5, 0.6) is 5.88 Å². The number of hydrogen-bond donors (Lipinski definition) is 1. The number of hydrogen-bond acceptors (Lipinski definition) is 4. The summed E-state index contributed by atoms with van der Waals surface area (Å²) in [6.45, 7) is 6.63. The van der Waals surface area contributed by atoms with Crippen LogP contribution in [-0.2, 0) is 17.9 Å². The van der Waals surface area contributed by atoms with Gasteiger partial charge in [0.05, 0.1) is 18.8 Å². The third-order valence-corrected chi connectivity index (χ3v) is 4.19. The number of ether oxygens (including phenoxy) is 2. The van der Waals surface area contributed by atoms with Crippen molar-refractivity contribution in [2.45, 2.75) is 32.6 Å². The topological polar surface area (TPSA) is 63.7 Å². The number of urea groups is 1. The Labute approximate surface area is 154 Å². The second kappa shape index (κ2) is 8.19. The maximum absolute atomic E-state index is 12.4. The van der Waals surface area contributed by atoms with Crippen molar-refractivity contribution in [2.24, 2.45) is 0 Å². The molecule has 2 amide bonds. The number of rotatable bonds is 5. The molecule has 1 aliphatic heterocycles. The van der Waals surface area contributed by atoms with Crippen LogP contribution in [0.25, 0.3) is 0 Å². The molecule has 0 unspecified atom stereocenters. The van der Waals surface area contributed by atoms with Crippen LogP contribution in [-0.4, -0.2) is 41.2 Å². The summed E-state index contributed by atoms with van der Waals surface area (Å²) >= 11 is 0. The highest BCUT2D eigenvalue weighted by Gasteiger charge is 2.29. The van der Waals surface area contributed by atoms with Crippen molar-refractivity contribution in [3.05, 3.63) is 59.8 Å². The van der Waals surface area contributed by atoms with Crippen molar-refractivity contribution in [1.29, 1.82) is 0 Å². The van der Waals surface area contributed by atoms with Gasteiger partial charge >= 0.3 is 6.03 Å². The standard InChI is InChI=1S/C20H25N3O3/c1-20(2)15-23(10-11-26-20)19(24)22-13-17-8-9-21-18(12-17)25-14-16-6-4-3-5-7-16/h3-9,12H,10-11,13-15H2,1-2H3,(H,22,24). The number of benzene rings is 1. The lowest BCUT2D eigenvalue weighted by atomic mass is 10.1. The van der Waals surface area contributed by atoms with Gasteiger partial charge in [0, 0.05) is 25.4 Å². The lowest BCUT2D eigenvalue weighted by Gasteiger charge is -2.38. The first-order chi connectivity index (χ1) is 12.5. The van der Waals surface area contributed by atoms with Crippen LogP contribution in [0, 0.1) is 0 Å². The largest absolute Gasteiger partial charge is 0.473 e. The fourth-order valence-electron chi connectivity index (χ4n) is 2.85. The predicted molar refractivity (Wildman–Crippen MR) is 98.9 cm³/mol. The molecule has 0 bridgehead atoms. The molecule has 0 radical (unpaired) electrons. The van der Waals surface area contributed by atoms with E-state index in [2.05, 4.69) is 10.3 Å². The Morgan fingerprint density at radius 3 is 2.85 bits per heavy atom. The van der Waals surface area contributed by atoms with Gasteiger partial charge in [-0.25, -0.2) is 9.78 Å². The first kappa shape index (κ1) is 18.2. The fraction of sp³-hybridized carbons (Fsp3) is 0.400. The van der Waals surface area contributed by atoms with E-state index in [0.29, 0.717) is 38.7 Å². The molecule has 6 heteroatoms. The Morgan fingerprint density at radius 2 is 2.08 bits per heavy atom. The van der Waals surface area contributed by atoms with Gasteiger partial charge in [0.15, 0.2) is 0 Å². The van der Waals surface area contributed by atoms with Crippen LogP contribution in [0.15, 0.2) is 48.7 Å². The zero-order valence-electron chi connectivity index (χ0n) is 15.3. The van der Waals surface area contributed by atoms with E-state index < -0.39 is 0 Å². The SMILES string of the molecule is CC1(C)CN(C(=O)NCc2ccnc(OCc3ccccc3)c2)CCO1. The summed E-state index contributed by atoms with van der Waals surface area (Å²) in [6, 6.07) is 13.6. The molecule has 0 saturated carbocycles. The summed E-state index contributed by atoms with van der Waals surface area (Å²) in [5.41, 5.74) is 1.73. The highest BCUT2D eigenvalue weighted by Crippen LogP contribution is 2.16. The van der Waals surface area contributed by atoms with E-state index in [-0.39, 0.29) is 11.6 Å². The molecule has 1 saturated heterocycles. The lowest BCUT2D eigenvalue weighted by molar-refractivity contribution is -0.0733. The van der Waals surface area contributed by atoms with Gasteiger partial charge in [0.2, 0.25) is 5.88 Å². The fourth-order valence-corrected chi connectivity index (χ4v) is 2.85. The summed E-state index contributed by atoms with van der Waals surface area (Å²) in [5, 5.41) is 2.96. The second-order valence-electron chi connectivity index (χ2n) is 6.97. The maximum atomic E-state index is 12.4. The number of amides is 2. The monoisotopic (exact) mass is 355 g/mol. The molecule has 1 N–H and O–H groups in total. The van der Waals surface area contributed by atoms with Gasteiger partial charge in [0.25, 0.3) is 0 Å². The van der Waals surface area contributed by atoms with Crippen molar-refractivity contribution in [2.75, 3.05) is 19.7 Å². The van der Waals surface area contributed by atoms with Crippen molar-refractivity contribution in [3.8, 4) is 5.88 Å². The highest BCUT2D eigenvalue weighted by atomic mass is 16.5. The normalized spacial score (nSPS) is 16.2. The van der Waals surface area contributed by atoms with Gasteiger partial charge < -0.3 is 19.7 Å². The van der Waals surface area contributed by atoms with E-state index in [1.807, 2.05) is 56.3 Å². The van der Waals surface area contributed by atoms with E-state index in [0.717, 1.165) is 11.1 Å². The summed E-state index contributed by atoms with van der Waals surface area (Å²) in [6.07, 6.45) is 1.69. The average Bonchev–Trinajstić information content (AvgIpc) is 2.65. The number of aromatic nitrogens is 1. The van der Waals surface area contributed by atoms with Gasteiger partial charge in [-0.15, -0.1) is 0 Å². The van der Waals surface area contributed by atoms with E-state index in [1.165, 1.54) is 0 Å². The molecule has 3 rings (SSSR count). The van der Waals surface area contributed by atoms with Crippen molar-refractivity contribution in [3.63, 3.8) is 0 Å². The van der Waals surface area contributed by atoms with Crippen LogP contribution in [0.4, 0.5) is 4.79 Å². The van der Waals surface area contributed by atoms with Crippen LogP contribution < -0.4 is 10.1 Å². The minimum Gasteiger partial charge on any atom is -0.473 e. The smallest absolute Gasteiger partial charge is 0.317 e. The van der Waals surface area contributed by atoms with Crippen molar-refractivity contribution in [1.82, 2.24) is 15.2 Å². The van der Waals surface area contributed by atoms with Gasteiger partial charge in [-0.2, -0.15) is 0 Å². The molecule has 2 aromatic rings. The maximum Gasteiger partial charge on any atom is 0.317 e. The molecular weight excluding hydrogens is 330 g/mol. The minimum absolute atomic E-state index is 0.0788. The molecular formula is C20H25N3O3. The van der Waals surface area contributed by atoms with Crippen LogP contribution in [0.2, 0.25) is 0 Å². The summed E-state index contributed by atoms with van der Waals surface area (Å²) in [7, 11) is 0. The summed E-state index contributed by atoms with van der Waals surface area (Å²) < 4.78 is 11.4. The summed E-state index contributed by atoms with van der Waals surface area (Å²) in [5.74, 6) is 0.549. The summed E-state index contributed by atoms with van der Waals surface area (Å²) in [4.78, 5) is 18.4. The Kier molecular flexibility index (Phi) is 5.73. The predicted octanol–water partition coefficient (Wildman–Crippen LogP) is 2.98. The Balaban J connectivity index is 1.51. The quantitative estimate of drug-likeness (QED) is 0.896. The third kappa shape index (κ3) is 5.20. The van der Waals surface area contributed by atoms with E-state index in [9.17, 15) is 4.79 Å². The molecule has 1 aliphatic rings. The first-order valence-electron chi connectivity index (χ1n) is 8.80. The van der Waals surface area contributed by atoms with Gasteiger partial charge in [-0.3, -0.25) is 0 Å². The molecule has 0 spiro atoms. The Morgan fingerprint density at radius 1 is 1.27 bits per heavy atom. The first-order valence-corrected chi connectivity index (χ1v) is 8.80. The van der Waals surface area contributed by atoms with Crippen LogP contribution >= 0.6 is 0 Å². The second-order valence-corrected chi connectivity index (χ2v) is 6.97. The molecule has 0 aliphatic carbocycles. The van der Waals surface area contributed by atoms with E-state index in [1.54, 1.807) is 11.1 Å². The van der Waals surface area contributed by atoms with Crippen LogP contribution in [0.3, 0.4) is 0 Å². The van der Waals surface area contributed by atoms with E-state index >= 15 is 0 Å². The number of pyridine rings is 1. The Bertz CT molecular complexity index is 734. The molecule has 1 aromatic heterocycles. The number of nitrogens with zero attached hydrogens (tertiary/aromatic N) is 2.